The molecule has 6 heteroatoms. The average molecular weight is 382 g/mol. The van der Waals surface area contributed by atoms with E-state index in [-0.39, 0.29) is 5.91 Å². The zero-order valence-electron chi connectivity index (χ0n) is 15.0. The topological polar surface area (TPSA) is 63.4 Å². The van der Waals surface area contributed by atoms with Crippen LogP contribution in [0.1, 0.15) is 12.0 Å². The molecule has 0 fully saturated rings. The zero-order chi connectivity index (χ0) is 18.5. The molecule has 0 aliphatic carbocycles. The van der Waals surface area contributed by atoms with Gasteiger partial charge in [-0.1, -0.05) is 18.2 Å². The normalized spacial score (nSPS) is 13.3. The predicted octanol–water partition coefficient (Wildman–Crippen LogP) is 3.78. The number of aromatic amines is 1. The van der Waals surface area contributed by atoms with Crippen LogP contribution in [-0.4, -0.2) is 36.4 Å². The van der Waals surface area contributed by atoms with Crippen molar-refractivity contribution in [2.45, 2.75) is 17.7 Å². The molecule has 2 aromatic carbocycles. The Labute approximate surface area is 162 Å². The molecule has 0 bridgehead atoms. The lowest BCUT2D eigenvalue weighted by Crippen LogP contribution is -2.27. The third-order valence-corrected chi connectivity index (χ3v) is 5.47. The van der Waals surface area contributed by atoms with E-state index in [9.17, 15) is 4.79 Å². The van der Waals surface area contributed by atoms with Crippen LogP contribution in [0.4, 0.5) is 0 Å². The lowest BCUT2D eigenvalue weighted by Gasteiger charge is -2.09. The zero-order valence-corrected chi connectivity index (χ0v) is 15.8. The molecule has 1 aromatic heterocycles. The molecule has 2 heterocycles. The standard InChI is InChI=1S/C21H22N2O3S/c24-21(22-9-8-15-13-23-18-5-2-1-4-17(15)18)14-27-16-6-7-19-20(12-16)26-11-3-10-25-19/h1-2,4-7,12-13,23H,3,8-11,14H2,(H,22,24). The van der Waals surface area contributed by atoms with Gasteiger partial charge in [0.2, 0.25) is 5.91 Å². The molecule has 0 unspecified atom stereocenters. The number of hydrogen-bond acceptors (Lipinski definition) is 4. The summed E-state index contributed by atoms with van der Waals surface area (Å²) < 4.78 is 11.3. The first-order chi connectivity index (χ1) is 13.3. The van der Waals surface area contributed by atoms with Crippen molar-refractivity contribution in [3.05, 3.63) is 54.2 Å². The summed E-state index contributed by atoms with van der Waals surface area (Å²) in [5, 5.41) is 4.21. The van der Waals surface area contributed by atoms with Crippen LogP contribution in [0.15, 0.2) is 53.6 Å². The smallest absolute Gasteiger partial charge is 0.230 e. The number of aromatic nitrogens is 1. The van der Waals surface area contributed by atoms with Gasteiger partial charge in [-0.15, -0.1) is 11.8 Å². The summed E-state index contributed by atoms with van der Waals surface area (Å²) in [6, 6.07) is 14.0. The first-order valence-corrected chi connectivity index (χ1v) is 10.1. The minimum atomic E-state index is 0.0342. The SMILES string of the molecule is O=C(CSc1ccc2c(c1)OCCCO2)NCCc1c[nH]c2ccccc12. The summed E-state index contributed by atoms with van der Waals surface area (Å²) in [6.07, 6.45) is 3.71. The maximum atomic E-state index is 12.2. The largest absolute Gasteiger partial charge is 0.490 e. The van der Waals surface area contributed by atoms with Crippen LogP contribution in [0.3, 0.4) is 0 Å². The monoisotopic (exact) mass is 382 g/mol. The molecule has 140 valence electrons. The minimum Gasteiger partial charge on any atom is -0.490 e. The number of amides is 1. The molecule has 27 heavy (non-hydrogen) atoms. The Morgan fingerprint density at radius 1 is 1.11 bits per heavy atom. The second-order valence-electron chi connectivity index (χ2n) is 6.41. The van der Waals surface area contributed by atoms with Gasteiger partial charge in [0.05, 0.1) is 19.0 Å². The van der Waals surface area contributed by atoms with E-state index in [1.807, 2.05) is 36.5 Å². The van der Waals surface area contributed by atoms with Crippen LogP contribution in [0.5, 0.6) is 11.5 Å². The van der Waals surface area contributed by atoms with Gasteiger partial charge < -0.3 is 19.8 Å². The summed E-state index contributed by atoms with van der Waals surface area (Å²) in [4.78, 5) is 16.4. The van der Waals surface area contributed by atoms with E-state index in [1.54, 1.807) is 0 Å². The minimum absolute atomic E-state index is 0.0342. The lowest BCUT2D eigenvalue weighted by atomic mass is 10.1. The molecule has 1 aliphatic heterocycles. The van der Waals surface area contributed by atoms with Gasteiger partial charge in [0.1, 0.15) is 0 Å². The lowest BCUT2D eigenvalue weighted by molar-refractivity contribution is -0.118. The van der Waals surface area contributed by atoms with Crippen molar-refractivity contribution in [1.29, 1.82) is 0 Å². The van der Waals surface area contributed by atoms with Crippen LogP contribution in [0.2, 0.25) is 0 Å². The Morgan fingerprint density at radius 2 is 1.96 bits per heavy atom. The fourth-order valence-electron chi connectivity index (χ4n) is 3.11. The second-order valence-corrected chi connectivity index (χ2v) is 7.46. The van der Waals surface area contributed by atoms with Crippen molar-refractivity contribution in [2.75, 3.05) is 25.5 Å². The van der Waals surface area contributed by atoms with Crippen LogP contribution in [0, 0.1) is 0 Å². The molecule has 1 amide bonds. The van der Waals surface area contributed by atoms with Gasteiger partial charge in [0.25, 0.3) is 0 Å². The number of hydrogen-bond donors (Lipinski definition) is 2. The number of para-hydroxylation sites is 1. The maximum Gasteiger partial charge on any atom is 0.230 e. The third-order valence-electron chi connectivity index (χ3n) is 4.48. The highest BCUT2D eigenvalue weighted by molar-refractivity contribution is 8.00. The number of benzene rings is 2. The number of fused-ring (bicyclic) bond motifs is 2. The number of H-pyrrole nitrogens is 1. The first kappa shape index (κ1) is 17.8. The van der Waals surface area contributed by atoms with Gasteiger partial charge in [-0.25, -0.2) is 0 Å². The summed E-state index contributed by atoms with van der Waals surface area (Å²) in [6.45, 7) is 1.97. The van der Waals surface area contributed by atoms with Gasteiger partial charge in [0.15, 0.2) is 11.5 Å². The quantitative estimate of drug-likeness (QED) is 0.637. The number of nitrogens with one attached hydrogen (secondary N) is 2. The number of rotatable bonds is 6. The summed E-state index contributed by atoms with van der Waals surface area (Å²) >= 11 is 1.50. The van der Waals surface area contributed by atoms with E-state index in [0.717, 1.165) is 34.8 Å². The van der Waals surface area contributed by atoms with Gasteiger partial charge >= 0.3 is 0 Å². The highest BCUT2D eigenvalue weighted by Gasteiger charge is 2.12. The van der Waals surface area contributed by atoms with Crippen molar-refractivity contribution >= 4 is 28.6 Å². The van der Waals surface area contributed by atoms with E-state index < -0.39 is 0 Å². The van der Waals surface area contributed by atoms with E-state index in [0.29, 0.717) is 25.5 Å². The van der Waals surface area contributed by atoms with Crippen molar-refractivity contribution < 1.29 is 14.3 Å². The fourth-order valence-corrected chi connectivity index (χ4v) is 3.86. The van der Waals surface area contributed by atoms with Crippen molar-refractivity contribution in [2.24, 2.45) is 0 Å². The van der Waals surface area contributed by atoms with Crippen LogP contribution in [0.25, 0.3) is 10.9 Å². The Balaban J connectivity index is 1.26. The Bertz CT molecular complexity index is 938. The average Bonchev–Trinajstić information content (AvgIpc) is 2.95. The van der Waals surface area contributed by atoms with Gasteiger partial charge in [0, 0.05) is 35.0 Å². The van der Waals surface area contributed by atoms with Gasteiger partial charge in [-0.2, -0.15) is 0 Å². The highest BCUT2D eigenvalue weighted by atomic mass is 32.2. The first-order valence-electron chi connectivity index (χ1n) is 9.14. The highest BCUT2D eigenvalue weighted by Crippen LogP contribution is 2.33. The summed E-state index contributed by atoms with van der Waals surface area (Å²) in [5.41, 5.74) is 2.35. The predicted molar refractivity (Wildman–Crippen MR) is 108 cm³/mol. The van der Waals surface area contributed by atoms with E-state index in [1.165, 1.54) is 22.7 Å². The molecule has 1 aliphatic rings. The molecule has 0 saturated heterocycles. The molecule has 3 aromatic rings. The molecular weight excluding hydrogens is 360 g/mol. The van der Waals surface area contributed by atoms with E-state index in [2.05, 4.69) is 22.4 Å². The fraction of sp³-hybridized carbons (Fsp3) is 0.286. The van der Waals surface area contributed by atoms with Gasteiger partial charge in [-0.3, -0.25) is 4.79 Å². The van der Waals surface area contributed by atoms with Crippen molar-refractivity contribution in [3.8, 4) is 11.5 Å². The number of ether oxygens (including phenoxy) is 2. The molecular formula is C21H22N2O3S. The van der Waals surface area contributed by atoms with Crippen LogP contribution < -0.4 is 14.8 Å². The summed E-state index contributed by atoms with van der Waals surface area (Å²) in [7, 11) is 0. The number of thioether (sulfide) groups is 1. The van der Waals surface area contributed by atoms with E-state index >= 15 is 0 Å². The third kappa shape index (κ3) is 4.39. The molecule has 0 atom stereocenters. The summed E-state index contributed by atoms with van der Waals surface area (Å²) in [5.74, 6) is 1.96. The van der Waals surface area contributed by atoms with Crippen molar-refractivity contribution in [1.82, 2.24) is 10.3 Å². The second kappa shape index (κ2) is 8.39. The Kier molecular flexibility index (Phi) is 5.53. The maximum absolute atomic E-state index is 12.2. The molecule has 2 N–H and O–H groups in total. The number of carbonyl (C=O) groups is 1. The molecule has 4 rings (SSSR count). The number of carbonyl (C=O) groups excluding carboxylic acids is 1. The van der Waals surface area contributed by atoms with Crippen LogP contribution >= 0.6 is 11.8 Å². The van der Waals surface area contributed by atoms with Gasteiger partial charge in [-0.05, 0) is 36.2 Å². The Hall–Kier alpha value is -2.60. The Morgan fingerprint density at radius 3 is 2.89 bits per heavy atom. The van der Waals surface area contributed by atoms with Crippen LogP contribution in [-0.2, 0) is 11.2 Å². The molecule has 5 nitrogen and oxygen atoms in total. The van der Waals surface area contributed by atoms with Crippen molar-refractivity contribution in [3.63, 3.8) is 0 Å². The molecule has 0 radical (unpaired) electrons. The molecule has 0 spiro atoms. The van der Waals surface area contributed by atoms with E-state index in [4.69, 9.17) is 9.47 Å². The molecule has 0 saturated carbocycles.